The molecule has 0 amide bonds. The average molecular weight is 346 g/mol. The van der Waals surface area contributed by atoms with Gasteiger partial charge in [-0.1, -0.05) is 52.9 Å². The summed E-state index contributed by atoms with van der Waals surface area (Å²) in [7, 11) is 0. The molecule has 2 aromatic rings. The van der Waals surface area contributed by atoms with E-state index in [4.69, 9.17) is 4.74 Å². The first-order valence-electron chi connectivity index (χ1n) is 7.00. The van der Waals surface area contributed by atoms with Crippen molar-refractivity contribution in [3.05, 3.63) is 76.8 Å². The highest BCUT2D eigenvalue weighted by Crippen LogP contribution is 2.17. The zero-order valence-corrected chi connectivity index (χ0v) is 13.8. The first-order chi connectivity index (χ1) is 10.2. The Bertz CT molecular complexity index is 563. The molecule has 0 fully saturated rings. The topological polar surface area (TPSA) is 21.3 Å². The molecule has 110 valence electrons. The normalized spacial score (nSPS) is 11.9. The van der Waals surface area contributed by atoms with E-state index in [0.717, 1.165) is 16.8 Å². The maximum atomic E-state index is 5.47. The van der Waals surface area contributed by atoms with Gasteiger partial charge in [-0.2, -0.15) is 0 Å². The lowest BCUT2D eigenvalue weighted by atomic mass is 10.1. The van der Waals surface area contributed by atoms with Crippen LogP contribution >= 0.6 is 15.9 Å². The smallest absolute Gasteiger partial charge is 0.119 e. The van der Waals surface area contributed by atoms with Crippen LogP contribution in [0.25, 0.3) is 0 Å². The van der Waals surface area contributed by atoms with Gasteiger partial charge in [0.1, 0.15) is 12.4 Å². The molecule has 1 N–H and O–H groups in total. The summed E-state index contributed by atoms with van der Waals surface area (Å²) in [6.45, 7) is 7.18. The van der Waals surface area contributed by atoms with E-state index in [-0.39, 0.29) is 0 Å². The summed E-state index contributed by atoms with van der Waals surface area (Å²) in [6, 6.07) is 16.9. The fourth-order valence-corrected chi connectivity index (χ4v) is 2.26. The Labute approximate surface area is 135 Å². The van der Waals surface area contributed by atoms with Gasteiger partial charge in [0.15, 0.2) is 0 Å². The maximum Gasteiger partial charge on any atom is 0.119 e. The van der Waals surface area contributed by atoms with Crippen LogP contribution in [0.1, 0.15) is 24.1 Å². The van der Waals surface area contributed by atoms with Crippen LogP contribution in [0.2, 0.25) is 0 Å². The molecular formula is C18H20BrNO. The highest BCUT2D eigenvalue weighted by Gasteiger charge is 2.04. The van der Waals surface area contributed by atoms with E-state index in [9.17, 15) is 0 Å². The molecule has 0 unspecified atom stereocenters. The second-order valence-electron chi connectivity index (χ2n) is 4.90. The summed E-state index contributed by atoms with van der Waals surface area (Å²) in [5.41, 5.74) is 2.52. The zero-order chi connectivity index (χ0) is 15.1. The van der Waals surface area contributed by atoms with Crippen LogP contribution < -0.4 is 10.1 Å². The number of ether oxygens (including phenoxy) is 1. The van der Waals surface area contributed by atoms with E-state index in [2.05, 4.69) is 71.1 Å². The molecule has 3 heteroatoms. The molecule has 2 nitrogen and oxygen atoms in total. The zero-order valence-electron chi connectivity index (χ0n) is 12.2. The first kappa shape index (κ1) is 15.8. The van der Waals surface area contributed by atoms with Crippen molar-refractivity contribution in [2.75, 3.05) is 6.61 Å². The summed E-state index contributed by atoms with van der Waals surface area (Å²) in [6.07, 6.45) is 1.75. The average Bonchev–Trinajstić information content (AvgIpc) is 2.52. The Kier molecular flexibility index (Phi) is 6.03. The quantitative estimate of drug-likeness (QED) is 0.723. The largest absolute Gasteiger partial charge is 0.490 e. The molecule has 0 radical (unpaired) electrons. The van der Waals surface area contributed by atoms with Gasteiger partial charge < -0.3 is 10.1 Å². The third-order valence-electron chi connectivity index (χ3n) is 3.27. The van der Waals surface area contributed by atoms with Crippen molar-refractivity contribution < 1.29 is 4.74 Å². The molecule has 0 aliphatic rings. The van der Waals surface area contributed by atoms with E-state index in [1.54, 1.807) is 6.08 Å². The van der Waals surface area contributed by atoms with Crippen LogP contribution in [-0.2, 0) is 6.54 Å². The number of rotatable bonds is 7. The Morgan fingerprint density at radius 1 is 1.14 bits per heavy atom. The third-order valence-corrected chi connectivity index (χ3v) is 3.80. The summed E-state index contributed by atoms with van der Waals surface area (Å²) >= 11 is 3.46. The predicted octanol–water partition coefficient (Wildman–Crippen LogP) is 4.86. The van der Waals surface area contributed by atoms with Gasteiger partial charge in [0.25, 0.3) is 0 Å². The highest BCUT2D eigenvalue weighted by molar-refractivity contribution is 9.10. The molecule has 0 bridgehead atoms. The van der Waals surface area contributed by atoms with Gasteiger partial charge in [-0.3, -0.25) is 0 Å². The Hall–Kier alpha value is -1.58. The lowest BCUT2D eigenvalue weighted by Gasteiger charge is -2.14. The van der Waals surface area contributed by atoms with E-state index in [1.807, 2.05) is 12.1 Å². The first-order valence-corrected chi connectivity index (χ1v) is 7.80. The second kappa shape index (κ2) is 8.01. The van der Waals surface area contributed by atoms with Crippen LogP contribution in [0.3, 0.4) is 0 Å². The van der Waals surface area contributed by atoms with Crippen molar-refractivity contribution in [2.45, 2.75) is 19.5 Å². The number of benzene rings is 2. The van der Waals surface area contributed by atoms with Crippen LogP contribution in [0.4, 0.5) is 0 Å². The monoisotopic (exact) mass is 345 g/mol. The molecule has 2 aromatic carbocycles. The van der Waals surface area contributed by atoms with Crippen LogP contribution in [0, 0.1) is 0 Å². The number of nitrogens with one attached hydrogen (secondary N) is 1. The van der Waals surface area contributed by atoms with Crippen molar-refractivity contribution in [1.29, 1.82) is 0 Å². The molecule has 0 saturated carbocycles. The van der Waals surface area contributed by atoms with Gasteiger partial charge in [0.2, 0.25) is 0 Å². The summed E-state index contributed by atoms with van der Waals surface area (Å²) in [4.78, 5) is 0. The minimum Gasteiger partial charge on any atom is -0.490 e. The Balaban J connectivity index is 1.87. The van der Waals surface area contributed by atoms with E-state index >= 15 is 0 Å². The molecule has 0 aliphatic heterocycles. The number of hydrogen-bond donors (Lipinski definition) is 1. The standard InChI is InChI=1S/C18H20BrNO/c1-3-12-21-18-10-4-15(5-11-18)13-20-14(2)16-6-8-17(19)9-7-16/h3-11,14,20H,1,12-13H2,2H3/t14-/m1/s1. The van der Waals surface area contributed by atoms with Gasteiger partial charge in [-0.25, -0.2) is 0 Å². The van der Waals surface area contributed by atoms with Crippen molar-refractivity contribution in [3.63, 3.8) is 0 Å². The number of hydrogen-bond acceptors (Lipinski definition) is 2. The number of halogens is 1. The third kappa shape index (κ3) is 5.03. The summed E-state index contributed by atoms with van der Waals surface area (Å²) in [5.74, 6) is 0.875. The second-order valence-corrected chi connectivity index (χ2v) is 5.81. The summed E-state index contributed by atoms with van der Waals surface area (Å²) in [5, 5.41) is 3.52. The van der Waals surface area contributed by atoms with Crippen LogP contribution in [-0.4, -0.2) is 6.61 Å². The molecule has 2 rings (SSSR count). The van der Waals surface area contributed by atoms with E-state index in [0.29, 0.717) is 12.6 Å². The van der Waals surface area contributed by atoms with Gasteiger partial charge in [-0.05, 0) is 42.3 Å². The van der Waals surface area contributed by atoms with Gasteiger partial charge in [0, 0.05) is 17.1 Å². The van der Waals surface area contributed by atoms with E-state index in [1.165, 1.54) is 11.1 Å². The molecule has 21 heavy (non-hydrogen) atoms. The van der Waals surface area contributed by atoms with Crippen molar-refractivity contribution in [2.24, 2.45) is 0 Å². The lowest BCUT2D eigenvalue weighted by Crippen LogP contribution is -2.17. The Morgan fingerprint density at radius 2 is 1.81 bits per heavy atom. The molecule has 0 aromatic heterocycles. The molecule has 0 saturated heterocycles. The minimum absolute atomic E-state index is 0.315. The molecule has 0 aliphatic carbocycles. The summed E-state index contributed by atoms with van der Waals surface area (Å²) < 4.78 is 6.58. The molecule has 1 atom stereocenters. The fraction of sp³-hybridized carbons (Fsp3) is 0.222. The molecule has 0 spiro atoms. The van der Waals surface area contributed by atoms with Gasteiger partial charge >= 0.3 is 0 Å². The predicted molar refractivity (Wildman–Crippen MR) is 91.5 cm³/mol. The maximum absolute atomic E-state index is 5.47. The van der Waals surface area contributed by atoms with Crippen molar-refractivity contribution in [3.8, 4) is 5.75 Å². The van der Waals surface area contributed by atoms with Crippen LogP contribution in [0.15, 0.2) is 65.7 Å². The van der Waals surface area contributed by atoms with E-state index < -0.39 is 0 Å². The van der Waals surface area contributed by atoms with Gasteiger partial charge in [0.05, 0.1) is 0 Å². The lowest BCUT2D eigenvalue weighted by molar-refractivity contribution is 0.363. The highest BCUT2D eigenvalue weighted by atomic mass is 79.9. The van der Waals surface area contributed by atoms with Crippen molar-refractivity contribution >= 4 is 15.9 Å². The van der Waals surface area contributed by atoms with Gasteiger partial charge in [-0.15, -0.1) is 0 Å². The molecule has 0 heterocycles. The van der Waals surface area contributed by atoms with Crippen molar-refractivity contribution in [1.82, 2.24) is 5.32 Å². The SMILES string of the molecule is C=CCOc1ccc(CN[C@H](C)c2ccc(Br)cc2)cc1. The fourth-order valence-electron chi connectivity index (χ4n) is 2.00. The van der Waals surface area contributed by atoms with Crippen LogP contribution in [0.5, 0.6) is 5.75 Å². The Morgan fingerprint density at radius 3 is 2.43 bits per heavy atom. The minimum atomic E-state index is 0.315. The molecular weight excluding hydrogens is 326 g/mol.